The maximum absolute atomic E-state index is 11.5. The van der Waals surface area contributed by atoms with Crippen LogP contribution in [-0.4, -0.2) is 19.0 Å². The third-order valence-corrected chi connectivity index (χ3v) is 5.21. The van der Waals surface area contributed by atoms with E-state index in [9.17, 15) is 4.79 Å². The first-order valence-corrected chi connectivity index (χ1v) is 7.79. The molecule has 2 heteroatoms. The van der Waals surface area contributed by atoms with Crippen LogP contribution in [0, 0.1) is 17.8 Å². The first-order chi connectivity index (χ1) is 8.74. The molecular weight excluding hydrogens is 224 g/mol. The second kappa shape index (κ2) is 6.70. The third kappa shape index (κ3) is 3.34. The van der Waals surface area contributed by atoms with E-state index < -0.39 is 0 Å². The van der Waals surface area contributed by atoms with Gasteiger partial charge in [-0.15, -0.1) is 0 Å². The van der Waals surface area contributed by atoms with Crippen LogP contribution in [0.1, 0.15) is 64.7 Å². The van der Waals surface area contributed by atoms with Gasteiger partial charge < -0.3 is 4.74 Å². The summed E-state index contributed by atoms with van der Waals surface area (Å²) >= 11 is 0. The quantitative estimate of drug-likeness (QED) is 0.641. The van der Waals surface area contributed by atoms with Gasteiger partial charge in [-0.05, 0) is 43.4 Å². The molecule has 2 aliphatic carbocycles. The van der Waals surface area contributed by atoms with E-state index >= 15 is 0 Å². The molecule has 2 nitrogen and oxygen atoms in total. The second-order valence-corrected chi connectivity index (χ2v) is 6.26. The van der Waals surface area contributed by atoms with E-state index in [0.29, 0.717) is 11.9 Å². The smallest absolute Gasteiger partial charge is 0.133 e. The van der Waals surface area contributed by atoms with Crippen LogP contribution in [0.25, 0.3) is 0 Å². The number of hydrogen-bond acceptors (Lipinski definition) is 2. The topological polar surface area (TPSA) is 26.3 Å². The van der Waals surface area contributed by atoms with Gasteiger partial charge in [0.1, 0.15) is 5.78 Å². The first-order valence-electron chi connectivity index (χ1n) is 7.79. The summed E-state index contributed by atoms with van der Waals surface area (Å²) in [6.07, 6.45) is 11.2. The minimum absolute atomic E-state index is 0.453. The molecule has 0 spiro atoms. The second-order valence-electron chi connectivity index (χ2n) is 6.26. The normalized spacial score (nSPS) is 32.8. The average Bonchev–Trinajstić information content (AvgIpc) is 2.89. The highest BCUT2D eigenvalue weighted by Crippen LogP contribution is 2.47. The molecule has 0 aromatic carbocycles. The fraction of sp³-hybridized carbons (Fsp3) is 0.938. The molecule has 0 aromatic heterocycles. The number of unbranched alkanes of at least 4 members (excludes halogenated alkanes) is 1. The SMILES string of the molecule is CC[C@@H](CCCC[C@H]1CC[C@H]2CC(=O)C[C@@H]12)OC. The molecule has 0 amide bonds. The fourth-order valence-electron chi connectivity index (χ4n) is 4.09. The van der Waals surface area contributed by atoms with E-state index in [2.05, 4.69) is 6.92 Å². The van der Waals surface area contributed by atoms with Crippen molar-refractivity contribution in [1.29, 1.82) is 0 Å². The van der Waals surface area contributed by atoms with E-state index in [0.717, 1.165) is 37.0 Å². The van der Waals surface area contributed by atoms with Crippen molar-refractivity contribution < 1.29 is 9.53 Å². The zero-order chi connectivity index (χ0) is 13.0. The van der Waals surface area contributed by atoms with Gasteiger partial charge in [0.25, 0.3) is 0 Å². The average molecular weight is 252 g/mol. The Morgan fingerprint density at radius 3 is 2.83 bits per heavy atom. The maximum atomic E-state index is 11.5. The summed E-state index contributed by atoms with van der Waals surface area (Å²) in [6.45, 7) is 2.19. The van der Waals surface area contributed by atoms with Crippen LogP contribution in [0.4, 0.5) is 0 Å². The number of carbonyl (C=O) groups is 1. The lowest BCUT2D eigenvalue weighted by atomic mass is 9.88. The Morgan fingerprint density at radius 2 is 2.11 bits per heavy atom. The standard InChI is InChI=1S/C16H28O2/c1-3-15(18-2)7-5-4-6-12-8-9-13-10-14(17)11-16(12)13/h12-13,15-16H,3-11H2,1-2H3/t12-,13-,15-,16-/m0/s1. The van der Waals surface area contributed by atoms with Gasteiger partial charge in [0.15, 0.2) is 0 Å². The van der Waals surface area contributed by atoms with Gasteiger partial charge in [-0.2, -0.15) is 0 Å². The molecule has 0 aromatic rings. The van der Waals surface area contributed by atoms with Crippen LogP contribution in [0.2, 0.25) is 0 Å². The molecule has 0 heterocycles. The van der Waals surface area contributed by atoms with E-state index in [1.807, 2.05) is 7.11 Å². The Hall–Kier alpha value is -0.370. The van der Waals surface area contributed by atoms with Gasteiger partial charge in [-0.3, -0.25) is 4.79 Å². The fourth-order valence-corrected chi connectivity index (χ4v) is 4.09. The Kier molecular flexibility index (Phi) is 5.23. The minimum atomic E-state index is 0.453. The summed E-state index contributed by atoms with van der Waals surface area (Å²) in [6, 6.07) is 0. The Morgan fingerprint density at radius 1 is 1.28 bits per heavy atom. The predicted molar refractivity (Wildman–Crippen MR) is 73.5 cm³/mol. The molecule has 2 aliphatic rings. The molecule has 18 heavy (non-hydrogen) atoms. The zero-order valence-electron chi connectivity index (χ0n) is 12.0. The monoisotopic (exact) mass is 252 g/mol. The Labute approximate surface area is 111 Å². The number of carbonyl (C=O) groups excluding carboxylic acids is 1. The van der Waals surface area contributed by atoms with Crippen molar-refractivity contribution in [3.63, 3.8) is 0 Å². The van der Waals surface area contributed by atoms with Crippen molar-refractivity contribution in [3.05, 3.63) is 0 Å². The molecule has 4 atom stereocenters. The van der Waals surface area contributed by atoms with Crippen LogP contribution in [0.15, 0.2) is 0 Å². The number of rotatable bonds is 7. The van der Waals surface area contributed by atoms with Gasteiger partial charge in [0.05, 0.1) is 6.10 Å². The van der Waals surface area contributed by atoms with Crippen molar-refractivity contribution in [2.75, 3.05) is 7.11 Å². The summed E-state index contributed by atoms with van der Waals surface area (Å²) < 4.78 is 5.41. The molecule has 2 fully saturated rings. The van der Waals surface area contributed by atoms with E-state index in [1.54, 1.807) is 0 Å². The zero-order valence-corrected chi connectivity index (χ0v) is 12.0. The Bertz CT molecular complexity index is 270. The van der Waals surface area contributed by atoms with Crippen molar-refractivity contribution in [2.45, 2.75) is 70.8 Å². The molecule has 0 saturated heterocycles. The molecule has 2 rings (SSSR count). The predicted octanol–water partition coefficient (Wildman–Crippen LogP) is 3.98. The number of Topliss-reactive ketones (excluding diaryl/α,β-unsaturated/α-hetero) is 1. The third-order valence-electron chi connectivity index (χ3n) is 5.21. The number of fused-ring (bicyclic) bond motifs is 1. The van der Waals surface area contributed by atoms with Gasteiger partial charge in [-0.25, -0.2) is 0 Å². The first kappa shape index (κ1) is 14.0. The molecule has 0 N–H and O–H groups in total. The van der Waals surface area contributed by atoms with Crippen LogP contribution in [-0.2, 0) is 9.53 Å². The van der Waals surface area contributed by atoms with Gasteiger partial charge in [-0.1, -0.05) is 26.2 Å². The van der Waals surface area contributed by atoms with Crippen LogP contribution < -0.4 is 0 Å². The summed E-state index contributed by atoms with van der Waals surface area (Å²) in [5.74, 6) is 2.89. The molecule has 0 bridgehead atoms. The van der Waals surface area contributed by atoms with Gasteiger partial charge in [0.2, 0.25) is 0 Å². The summed E-state index contributed by atoms with van der Waals surface area (Å²) in [7, 11) is 1.82. The molecule has 0 radical (unpaired) electrons. The molecule has 2 saturated carbocycles. The van der Waals surface area contributed by atoms with E-state index in [1.165, 1.54) is 38.5 Å². The van der Waals surface area contributed by atoms with E-state index in [4.69, 9.17) is 4.74 Å². The summed E-state index contributed by atoms with van der Waals surface area (Å²) in [5.41, 5.74) is 0. The highest BCUT2D eigenvalue weighted by Gasteiger charge is 2.42. The number of hydrogen-bond donors (Lipinski definition) is 0. The highest BCUT2D eigenvalue weighted by atomic mass is 16.5. The van der Waals surface area contributed by atoms with Crippen molar-refractivity contribution >= 4 is 5.78 Å². The molecule has 0 unspecified atom stereocenters. The van der Waals surface area contributed by atoms with Crippen LogP contribution in [0.3, 0.4) is 0 Å². The Balaban J connectivity index is 1.64. The number of ketones is 1. The minimum Gasteiger partial charge on any atom is -0.381 e. The lowest BCUT2D eigenvalue weighted by molar-refractivity contribution is -0.118. The van der Waals surface area contributed by atoms with Gasteiger partial charge >= 0.3 is 0 Å². The summed E-state index contributed by atoms with van der Waals surface area (Å²) in [4.78, 5) is 11.5. The highest BCUT2D eigenvalue weighted by molar-refractivity contribution is 5.81. The maximum Gasteiger partial charge on any atom is 0.133 e. The van der Waals surface area contributed by atoms with Crippen molar-refractivity contribution in [3.8, 4) is 0 Å². The van der Waals surface area contributed by atoms with Crippen molar-refractivity contribution in [2.24, 2.45) is 17.8 Å². The molecule has 104 valence electrons. The van der Waals surface area contributed by atoms with Crippen LogP contribution >= 0.6 is 0 Å². The van der Waals surface area contributed by atoms with E-state index in [-0.39, 0.29) is 0 Å². The molecular formula is C16H28O2. The van der Waals surface area contributed by atoms with Gasteiger partial charge in [0, 0.05) is 20.0 Å². The van der Waals surface area contributed by atoms with Crippen molar-refractivity contribution in [1.82, 2.24) is 0 Å². The summed E-state index contributed by atoms with van der Waals surface area (Å²) in [5, 5.41) is 0. The van der Waals surface area contributed by atoms with Crippen LogP contribution in [0.5, 0.6) is 0 Å². The lowest BCUT2D eigenvalue weighted by Gasteiger charge is -2.18. The lowest BCUT2D eigenvalue weighted by Crippen LogP contribution is -2.11. The molecule has 0 aliphatic heterocycles. The number of methoxy groups -OCH3 is 1. The number of ether oxygens (including phenoxy) is 1. The largest absolute Gasteiger partial charge is 0.381 e.